The molecule has 5 nitrogen and oxygen atoms in total. The molecule has 15 heavy (non-hydrogen) atoms. The maximum absolute atomic E-state index is 11.1. The van der Waals surface area contributed by atoms with E-state index in [1.54, 1.807) is 0 Å². The molecule has 2 amide bonds. The number of nitrogen functional groups attached to an aromatic ring is 1. The first-order valence-corrected chi connectivity index (χ1v) is 4.50. The van der Waals surface area contributed by atoms with Crippen molar-refractivity contribution in [2.24, 2.45) is 5.84 Å². The molecule has 80 valence electrons. The molecule has 1 aromatic carbocycles. The highest BCUT2D eigenvalue weighted by Gasteiger charge is 2.07. The Kier molecular flexibility index (Phi) is 3.65. The number of nitrogens with one attached hydrogen (secondary N) is 2. The van der Waals surface area contributed by atoms with Crippen molar-refractivity contribution in [1.82, 2.24) is 5.43 Å². The lowest BCUT2D eigenvalue weighted by molar-refractivity contribution is -0.114. The predicted octanol–water partition coefficient (Wildman–Crippen LogP) is 0.902. The molecule has 0 saturated heterocycles. The Labute approximate surface area is 91.6 Å². The molecule has 0 fully saturated rings. The minimum Gasteiger partial charge on any atom is -0.325 e. The number of carbonyl (C=O) groups is 2. The number of hydrogen-bond donors (Lipinski definition) is 3. The molecule has 0 spiro atoms. The summed E-state index contributed by atoms with van der Waals surface area (Å²) >= 11 is 5.84. The number of rotatable bonds is 2. The van der Waals surface area contributed by atoms with Crippen molar-refractivity contribution in [2.75, 3.05) is 5.32 Å². The molecule has 0 heterocycles. The molecule has 0 saturated carbocycles. The molecule has 0 radical (unpaired) electrons. The zero-order chi connectivity index (χ0) is 11.4. The van der Waals surface area contributed by atoms with Crippen LogP contribution in [0.4, 0.5) is 5.69 Å². The Morgan fingerprint density at radius 1 is 1.40 bits per heavy atom. The first kappa shape index (κ1) is 11.5. The fourth-order valence-electron chi connectivity index (χ4n) is 1.03. The summed E-state index contributed by atoms with van der Waals surface area (Å²) in [4.78, 5) is 21.9. The van der Waals surface area contributed by atoms with Crippen LogP contribution in [0, 0.1) is 0 Å². The van der Waals surface area contributed by atoms with Gasteiger partial charge in [-0.15, -0.1) is 0 Å². The highest BCUT2D eigenvalue weighted by molar-refractivity contribution is 6.34. The fraction of sp³-hybridized carbons (Fsp3) is 0.111. The van der Waals surface area contributed by atoms with Gasteiger partial charge >= 0.3 is 0 Å². The molecule has 4 N–H and O–H groups in total. The number of anilines is 1. The van der Waals surface area contributed by atoms with Crippen LogP contribution in [0.15, 0.2) is 18.2 Å². The van der Waals surface area contributed by atoms with Crippen molar-refractivity contribution in [3.63, 3.8) is 0 Å². The number of carbonyl (C=O) groups excluding carboxylic acids is 2. The van der Waals surface area contributed by atoms with E-state index in [9.17, 15) is 9.59 Å². The third kappa shape index (κ3) is 2.93. The quantitative estimate of drug-likeness (QED) is 0.399. The van der Waals surface area contributed by atoms with E-state index in [4.69, 9.17) is 17.4 Å². The molecule has 0 bridgehead atoms. The minimum atomic E-state index is -0.439. The third-order valence-electron chi connectivity index (χ3n) is 1.67. The van der Waals surface area contributed by atoms with Crippen LogP contribution in [-0.4, -0.2) is 11.8 Å². The molecular formula is C9H10ClN3O2. The van der Waals surface area contributed by atoms with E-state index >= 15 is 0 Å². The summed E-state index contributed by atoms with van der Waals surface area (Å²) < 4.78 is 0. The molecular weight excluding hydrogens is 218 g/mol. The van der Waals surface area contributed by atoms with Gasteiger partial charge in [-0.05, 0) is 18.2 Å². The van der Waals surface area contributed by atoms with Gasteiger partial charge in [-0.25, -0.2) is 5.84 Å². The van der Waals surface area contributed by atoms with Gasteiger partial charge in [0, 0.05) is 12.5 Å². The highest BCUT2D eigenvalue weighted by Crippen LogP contribution is 2.22. The molecule has 0 atom stereocenters. The number of benzene rings is 1. The van der Waals surface area contributed by atoms with Gasteiger partial charge in [-0.3, -0.25) is 15.0 Å². The second-order valence-corrected chi connectivity index (χ2v) is 3.26. The van der Waals surface area contributed by atoms with E-state index in [-0.39, 0.29) is 10.9 Å². The van der Waals surface area contributed by atoms with Gasteiger partial charge in [0.15, 0.2) is 0 Å². The first-order valence-electron chi connectivity index (χ1n) is 4.12. The van der Waals surface area contributed by atoms with Crippen LogP contribution >= 0.6 is 11.6 Å². The highest BCUT2D eigenvalue weighted by atomic mass is 35.5. The van der Waals surface area contributed by atoms with Crippen LogP contribution in [0.1, 0.15) is 17.3 Å². The van der Waals surface area contributed by atoms with Crippen molar-refractivity contribution >= 4 is 29.1 Å². The second-order valence-electron chi connectivity index (χ2n) is 2.85. The van der Waals surface area contributed by atoms with Crippen LogP contribution < -0.4 is 16.6 Å². The molecule has 0 aliphatic rings. The minimum absolute atomic E-state index is 0.229. The van der Waals surface area contributed by atoms with Crippen LogP contribution in [0.5, 0.6) is 0 Å². The van der Waals surface area contributed by atoms with Gasteiger partial charge in [0.2, 0.25) is 5.91 Å². The third-order valence-corrected chi connectivity index (χ3v) is 1.99. The van der Waals surface area contributed by atoms with Crippen LogP contribution in [-0.2, 0) is 4.79 Å². The Balaban J connectivity index is 2.97. The largest absolute Gasteiger partial charge is 0.325 e. The summed E-state index contributed by atoms with van der Waals surface area (Å²) in [6.07, 6.45) is 0. The fourth-order valence-corrected chi connectivity index (χ4v) is 1.26. The molecule has 0 aliphatic heterocycles. The Bertz CT molecular complexity index is 406. The molecule has 0 unspecified atom stereocenters. The first-order chi connectivity index (χ1) is 7.04. The molecule has 6 heteroatoms. The van der Waals surface area contributed by atoms with E-state index in [2.05, 4.69) is 5.32 Å². The SMILES string of the molecule is CC(=O)Nc1ccc(C(=O)NN)cc1Cl. The van der Waals surface area contributed by atoms with Crippen LogP contribution in [0.25, 0.3) is 0 Å². The van der Waals surface area contributed by atoms with Gasteiger partial charge < -0.3 is 5.32 Å². The number of hydrazine groups is 1. The molecule has 0 aromatic heterocycles. The van der Waals surface area contributed by atoms with Gasteiger partial charge in [0.1, 0.15) is 0 Å². The topological polar surface area (TPSA) is 84.2 Å². The lowest BCUT2D eigenvalue weighted by atomic mass is 10.2. The van der Waals surface area contributed by atoms with Crippen molar-refractivity contribution < 1.29 is 9.59 Å². The van der Waals surface area contributed by atoms with Crippen molar-refractivity contribution in [3.8, 4) is 0 Å². The maximum Gasteiger partial charge on any atom is 0.265 e. The summed E-state index contributed by atoms with van der Waals surface area (Å²) in [6.45, 7) is 1.37. The lowest BCUT2D eigenvalue weighted by Gasteiger charge is -2.06. The standard InChI is InChI=1S/C9H10ClN3O2/c1-5(14)12-8-3-2-6(4-7(8)10)9(15)13-11/h2-4H,11H2,1H3,(H,12,14)(H,13,15). The molecule has 1 rings (SSSR count). The van der Waals surface area contributed by atoms with E-state index in [1.807, 2.05) is 5.43 Å². The number of nitrogens with two attached hydrogens (primary N) is 1. The average Bonchev–Trinajstić information content (AvgIpc) is 2.19. The number of amides is 2. The zero-order valence-corrected chi connectivity index (χ0v) is 8.76. The van der Waals surface area contributed by atoms with Gasteiger partial charge in [0.05, 0.1) is 10.7 Å². The second kappa shape index (κ2) is 4.77. The summed E-state index contributed by atoms with van der Waals surface area (Å²) in [7, 11) is 0. The van der Waals surface area contributed by atoms with Gasteiger partial charge in [-0.1, -0.05) is 11.6 Å². The summed E-state index contributed by atoms with van der Waals surface area (Å²) in [5.41, 5.74) is 2.77. The van der Waals surface area contributed by atoms with E-state index < -0.39 is 5.91 Å². The zero-order valence-electron chi connectivity index (χ0n) is 8.00. The van der Waals surface area contributed by atoms with E-state index in [0.717, 1.165) is 0 Å². The van der Waals surface area contributed by atoms with Gasteiger partial charge in [0.25, 0.3) is 5.91 Å². The predicted molar refractivity (Wildman–Crippen MR) is 57.4 cm³/mol. The number of hydrogen-bond acceptors (Lipinski definition) is 3. The van der Waals surface area contributed by atoms with Crippen LogP contribution in [0.2, 0.25) is 5.02 Å². The monoisotopic (exact) mass is 227 g/mol. The molecule has 0 aliphatic carbocycles. The number of halogens is 1. The van der Waals surface area contributed by atoms with E-state index in [1.165, 1.54) is 25.1 Å². The Hall–Kier alpha value is -1.59. The normalized spacial score (nSPS) is 9.53. The van der Waals surface area contributed by atoms with E-state index in [0.29, 0.717) is 11.3 Å². The van der Waals surface area contributed by atoms with Crippen molar-refractivity contribution in [1.29, 1.82) is 0 Å². The summed E-state index contributed by atoms with van der Waals surface area (Å²) in [6, 6.07) is 4.47. The smallest absolute Gasteiger partial charge is 0.265 e. The van der Waals surface area contributed by atoms with Crippen molar-refractivity contribution in [3.05, 3.63) is 28.8 Å². The van der Waals surface area contributed by atoms with Crippen LogP contribution in [0.3, 0.4) is 0 Å². The summed E-state index contributed by atoms with van der Waals surface area (Å²) in [5, 5.41) is 2.81. The lowest BCUT2D eigenvalue weighted by Crippen LogP contribution is -2.29. The Morgan fingerprint density at radius 3 is 2.53 bits per heavy atom. The molecule has 1 aromatic rings. The maximum atomic E-state index is 11.1. The van der Waals surface area contributed by atoms with Crippen molar-refractivity contribution in [2.45, 2.75) is 6.92 Å². The Morgan fingerprint density at radius 2 is 2.07 bits per heavy atom. The summed E-state index contributed by atoms with van der Waals surface area (Å²) in [5.74, 6) is 4.29. The van der Waals surface area contributed by atoms with Gasteiger partial charge in [-0.2, -0.15) is 0 Å². The average molecular weight is 228 g/mol.